The van der Waals surface area contributed by atoms with Crippen molar-refractivity contribution in [3.05, 3.63) is 34.8 Å². The number of rotatable bonds is 2. The number of hydrogen-bond acceptors (Lipinski definition) is 3. The maximum Gasteiger partial charge on any atom is 0.196 e. The third-order valence-electron chi connectivity index (χ3n) is 3.07. The SMILES string of the molecule is Cc1nc2c(F)c(F)c(F)cc2c(NN)c1C(C)C. The molecular formula is C13H14F3N3. The summed E-state index contributed by atoms with van der Waals surface area (Å²) in [6.07, 6.45) is 0. The molecule has 0 fully saturated rings. The lowest BCUT2D eigenvalue weighted by Crippen LogP contribution is -2.13. The average Bonchev–Trinajstić information content (AvgIpc) is 2.35. The van der Waals surface area contributed by atoms with Crippen molar-refractivity contribution in [1.29, 1.82) is 0 Å². The Kier molecular flexibility index (Phi) is 3.36. The summed E-state index contributed by atoms with van der Waals surface area (Å²) in [7, 11) is 0. The first kappa shape index (κ1) is 13.6. The van der Waals surface area contributed by atoms with Gasteiger partial charge in [-0.1, -0.05) is 13.8 Å². The Balaban J connectivity index is 2.98. The molecule has 0 spiro atoms. The predicted molar refractivity (Wildman–Crippen MR) is 68.3 cm³/mol. The second-order valence-corrected chi connectivity index (χ2v) is 4.67. The van der Waals surface area contributed by atoms with E-state index in [2.05, 4.69) is 10.4 Å². The van der Waals surface area contributed by atoms with Crippen LogP contribution in [0.15, 0.2) is 6.07 Å². The summed E-state index contributed by atoms with van der Waals surface area (Å²) in [6.45, 7) is 5.50. The first-order valence-corrected chi connectivity index (χ1v) is 5.82. The molecule has 0 aliphatic rings. The molecule has 0 saturated carbocycles. The molecule has 1 heterocycles. The molecule has 0 aliphatic heterocycles. The number of hydrazine groups is 1. The summed E-state index contributed by atoms with van der Waals surface area (Å²) in [5, 5.41) is 0.133. The van der Waals surface area contributed by atoms with Gasteiger partial charge in [-0.05, 0) is 18.9 Å². The molecule has 0 unspecified atom stereocenters. The molecule has 0 atom stereocenters. The third kappa shape index (κ3) is 2.02. The molecule has 2 aromatic rings. The minimum absolute atomic E-state index is 0.0547. The van der Waals surface area contributed by atoms with Gasteiger partial charge < -0.3 is 5.43 Å². The number of aromatic nitrogens is 1. The van der Waals surface area contributed by atoms with E-state index in [0.717, 1.165) is 11.6 Å². The molecular weight excluding hydrogens is 255 g/mol. The second-order valence-electron chi connectivity index (χ2n) is 4.67. The molecule has 102 valence electrons. The van der Waals surface area contributed by atoms with Gasteiger partial charge in [-0.25, -0.2) is 18.2 Å². The Morgan fingerprint density at radius 2 is 1.84 bits per heavy atom. The minimum Gasteiger partial charge on any atom is -0.323 e. The molecule has 0 saturated heterocycles. The molecule has 3 nitrogen and oxygen atoms in total. The molecule has 0 radical (unpaired) electrons. The van der Waals surface area contributed by atoms with E-state index in [9.17, 15) is 13.2 Å². The Morgan fingerprint density at radius 1 is 1.21 bits per heavy atom. The fourth-order valence-electron chi connectivity index (χ4n) is 2.30. The van der Waals surface area contributed by atoms with Gasteiger partial charge in [-0.15, -0.1) is 0 Å². The number of benzene rings is 1. The van der Waals surface area contributed by atoms with Crippen molar-refractivity contribution in [2.24, 2.45) is 5.84 Å². The molecule has 0 aliphatic carbocycles. The summed E-state index contributed by atoms with van der Waals surface area (Å²) >= 11 is 0. The number of hydrogen-bond donors (Lipinski definition) is 2. The molecule has 0 bridgehead atoms. The van der Waals surface area contributed by atoms with Crippen molar-refractivity contribution in [1.82, 2.24) is 4.98 Å². The number of nitrogens with two attached hydrogens (primary N) is 1. The van der Waals surface area contributed by atoms with E-state index < -0.39 is 17.5 Å². The van der Waals surface area contributed by atoms with Crippen molar-refractivity contribution < 1.29 is 13.2 Å². The monoisotopic (exact) mass is 269 g/mol. The summed E-state index contributed by atoms with van der Waals surface area (Å²) in [6, 6.07) is 0.904. The summed E-state index contributed by atoms with van der Waals surface area (Å²) < 4.78 is 40.3. The molecule has 0 amide bonds. The van der Waals surface area contributed by atoms with Crippen molar-refractivity contribution in [3.63, 3.8) is 0 Å². The van der Waals surface area contributed by atoms with Gasteiger partial charge in [0.25, 0.3) is 0 Å². The first-order valence-electron chi connectivity index (χ1n) is 5.82. The van der Waals surface area contributed by atoms with Crippen LogP contribution in [0, 0.1) is 24.4 Å². The van der Waals surface area contributed by atoms with Crippen LogP contribution in [0.4, 0.5) is 18.9 Å². The van der Waals surface area contributed by atoms with Crippen LogP contribution in [-0.2, 0) is 0 Å². The summed E-state index contributed by atoms with van der Waals surface area (Å²) in [5.41, 5.74) is 3.86. The standard InChI is InChI=1S/C13H14F3N3/c1-5(2)9-6(3)18-13-7(12(9)19-17)4-8(14)10(15)11(13)16/h4-5H,17H2,1-3H3,(H,18,19). The Bertz CT molecular complexity index is 654. The summed E-state index contributed by atoms with van der Waals surface area (Å²) in [4.78, 5) is 4.03. The molecule has 2 rings (SSSR count). The van der Waals surface area contributed by atoms with Crippen molar-refractivity contribution in [2.45, 2.75) is 26.7 Å². The first-order chi connectivity index (χ1) is 8.88. The highest BCUT2D eigenvalue weighted by Crippen LogP contribution is 2.35. The Hall–Kier alpha value is -1.82. The van der Waals surface area contributed by atoms with Crippen LogP contribution < -0.4 is 11.3 Å². The van der Waals surface area contributed by atoms with Crippen LogP contribution in [0.1, 0.15) is 31.0 Å². The van der Waals surface area contributed by atoms with Crippen LogP contribution in [0.3, 0.4) is 0 Å². The predicted octanol–water partition coefficient (Wildman–Crippen LogP) is 3.37. The van der Waals surface area contributed by atoms with E-state index in [4.69, 9.17) is 5.84 Å². The van der Waals surface area contributed by atoms with E-state index in [1.54, 1.807) is 6.92 Å². The lowest BCUT2D eigenvalue weighted by atomic mass is 9.96. The van der Waals surface area contributed by atoms with Crippen molar-refractivity contribution >= 4 is 16.6 Å². The number of aryl methyl sites for hydroxylation is 1. The van der Waals surface area contributed by atoms with E-state index in [-0.39, 0.29) is 16.8 Å². The van der Waals surface area contributed by atoms with Gasteiger partial charge in [0, 0.05) is 16.6 Å². The van der Waals surface area contributed by atoms with Crippen LogP contribution >= 0.6 is 0 Å². The minimum atomic E-state index is -1.53. The number of nitrogens with zero attached hydrogens (tertiary/aromatic N) is 1. The van der Waals surface area contributed by atoms with Gasteiger partial charge >= 0.3 is 0 Å². The molecule has 19 heavy (non-hydrogen) atoms. The van der Waals surface area contributed by atoms with Gasteiger partial charge in [0.1, 0.15) is 5.52 Å². The van der Waals surface area contributed by atoms with Gasteiger partial charge in [-0.3, -0.25) is 5.84 Å². The topological polar surface area (TPSA) is 50.9 Å². The van der Waals surface area contributed by atoms with E-state index >= 15 is 0 Å². The van der Waals surface area contributed by atoms with E-state index in [1.807, 2.05) is 13.8 Å². The van der Waals surface area contributed by atoms with Gasteiger partial charge in [0.2, 0.25) is 0 Å². The highest BCUT2D eigenvalue weighted by Gasteiger charge is 2.21. The lowest BCUT2D eigenvalue weighted by Gasteiger charge is -2.18. The lowest BCUT2D eigenvalue weighted by molar-refractivity contribution is 0.452. The van der Waals surface area contributed by atoms with Crippen LogP contribution in [-0.4, -0.2) is 4.98 Å². The van der Waals surface area contributed by atoms with E-state index in [1.165, 1.54) is 0 Å². The van der Waals surface area contributed by atoms with Gasteiger partial charge in [-0.2, -0.15) is 0 Å². The van der Waals surface area contributed by atoms with E-state index in [0.29, 0.717) is 11.4 Å². The van der Waals surface area contributed by atoms with Crippen molar-refractivity contribution in [2.75, 3.05) is 5.43 Å². The zero-order valence-corrected chi connectivity index (χ0v) is 10.8. The average molecular weight is 269 g/mol. The number of halogens is 3. The molecule has 6 heteroatoms. The van der Waals surface area contributed by atoms with Crippen molar-refractivity contribution in [3.8, 4) is 0 Å². The smallest absolute Gasteiger partial charge is 0.196 e. The summed E-state index contributed by atoms with van der Waals surface area (Å²) in [5.74, 6) is 1.41. The normalized spacial score (nSPS) is 11.4. The number of nitrogen functional groups attached to an aromatic ring is 1. The number of anilines is 1. The maximum atomic E-state index is 13.7. The van der Waals surface area contributed by atoms with Crippen LogP contribution in [0.25, 0.3) is 10.9 Å². The van der Waals surface area contributed by atoms with Crippen LogP contribution in [0.5, 0.6) is 0 Å². The van der Waals surface area contributed by atoms with Gasteiger partial charge in [0.15, 0.2) is 17.5 Å². The molecule has 1 aromatic carbocycles. The maximum absolute atomic E-state index is 13.7. The fraction of sp³-hybridized carbons (Fsp3) is 0.308. The molecule has 3 N–H and O–H groups in total. The Morgan fingerprint density at radius 3 is 2.37 bits per heavy atom. The quantitative estimate of drug-likeness (QED) is 0.499. The zero-order chi connectivity index (χ0) is 14.3. The second kappa shape index (κ2) is 4.70. The molecule has 1 aromatic heterocycles. The third-order valence-corrected chi connectivity index (χ3v) is 3.07. The fourth-order valence-corrected chi connectivity index (χ4v) is 2.30. The van der Waals surface area contributed by atoms with Gasteiger partial charge in [0.05, 0.1) is 5.69 Å². The largest absolute Gasteiger partial charge is 0.323 e. The zero-order valence-electron chi connectivity index (χ0n) is 10.8. The number of pyridine rings is 1. The number of fused-ring (bicyclic) bond motifs is 1. The number of nitrogens with one attached hydrogen (secondary N) is 1. The Labute approximate surface area is 108 Å². The highest BCUT2D eigenvalue weighted by molar-refractivity contribution is 5.94. The van der Waals surface area contributed by atoms with Crippen LogP contribution in [0.2, 0.25) is 0 Å². The highest BCUT2D eigenvalue weighted by atomic mass is 19.2.